The average molecular weight is 333 g/mol. The smallest absolute Gasteiger partial charge is 0.115 e. The number of phenolic OH excluding ortho intramolecular Hbond substituents is 2. The van der Waals surface area contributed by atoms with Crippen molar-refractivity contribution in [3.63, 3.8) is 0 Å². The van der Waals surface area contributed by atoms with Gasteiger partial charge in [-0.3, -0.25) is 0 Å². The van der Waals surface area contributed by atoms with Gasteiger partial charge in [0.25, 0.3) is 0 Å². The van der Waals surface area contributed by atoms with Crippen LogP contribution in [0.25, 0.3) is 16.9 Å². The molecule has 0 unspecified atom stereocenters. The number of nitrogens with zero attached hydrogens (tertiary/aromatic N) is 3. The first-order valence-corrected chi connectivity index (χ1v) is 8.25. The lowest BCUT2D eigenvalue weighted by Crippen LogP contribution is -2.03. The second-order valence-corrected chi connectivity index (χ2v) is 5.86. The van der Waals surface area contributed by atoms with Crippen LogP contribution in [0.3, 0.4) is 0 Å². The molecule has 0 aliphatic heterocycles. The molecular weight excluding hydrogens is 314 g/mol. The van der Waals surface area contributed by atoms with Crippen molar-refractivity contribution in [3.8, 4) is 34.5 Å². The number of rotatable bonds is 5. The minimum atomic E-state index is 0.173. The summed E-state index contributed by atoms with van der Waals surface area (Å²) >= 11 is 0. The van der Waals surface area contributed by atoms with Gasteiger partial charge in [0.05, 0.1) is 11.4 Å². The van der Waals surface area contributed by atoms with Gasteiger partial charge in [-0.1, -0.05) is 13.3 Å². The molecule has 0 bridgehead atoms. The van der Waals surface area contributed by atoms with Crippen LogP contribution >= 0.6 is 0 Å². The van der Waals surface area contributed by atoms with E-state index in [0.717, 1.165) is 36.2 Å². The molecule has 3 aromatic rings. The van der Waals surface area contributed by atoms with E-state index >= 15 is 0 Å². The van der Waals surface area contributed by atoms with E-state index in [2.05, 4.69) is 18.1 Å². The van der Waals surface area contributed by atoms with Gasteiger partial charge in [0.15, 0.2) is 0 Å². The maximum Gasteiger partial charge on any atom is 0.115 e. The fraction of sp³-hybridized carbons (Fsp3) is 0.200. The molecule has 3 rings (SSSR count). The molecule has 5 nitrogen and oxygen atoms in total. The first-order chi connectivity index (χ1) is 12.1. The number of hydrogen-bond acceptors (Lipinski definition) is 4. The predicted octanol–water partition coefficient (Wildman–Crippen LogP) is 4.16. The lowest BCUT2D eigenvalue weighted by molar-refractivity contribution is 0.474. The van der Waals surface area contributed by atoms with Gasteiger partial charge < -0.3 is 10.2 Å². The molecule has 0 atom stereocenters. The maximum atomic E-state index is 9.73. The Balaban J connectivity index is 2.18. The maximum absolute atomic E-state index is 9.73. The zero-order valence-corrected chi connectivity index (χ0v) is 14.0. The van der Waals surface area contributed by atoms with Crippen LogP contribution < -0.4 is 0 Å². The molecule has 0 radical (unpaired) electrons. The molecule has 25 heavy (non-hydrogen) atoms. The Morgan fingerprint density at radius 3 is 2.16 bits per heavy atom. The first-order valence-electron chi connectivity index (χ1n) is 8.25. The minimum Gasteiger partial charge on any atom is -0.508 e. The Morgan fingerprint density at radius 1 is 1.00 bits per heavy atom. The monoisotopic (exact) mass is 333 g/mol. The van der Waals surface area contributed by atoms with Gasteiger partial charge in [0, 0.05) is 5.56 Å². The van der Waals surface area contributed by atoms with Crippen LogP contribution in [0.5, 0.6) is 11.5 Å². The van der Waals surface area contributed by atoms with Gasteiger partial charge in [-0.25, -0.2) is 4.68 Å². The molecule has 0 saturated heterocycles. The minimum absolute atomic E-state index is 0.173. The van der Waals surface area contributed by atoms with Crippen molar-refractivity contribution in [3.05, 3.63) is 59.8 Å². The van der Waals surface area contributed by atoms with Gasteiger partial charge in [-0.05, 0) is 61.4 Å². The third kappa shape index (κ3) is 3.33. The van der Waals surface area contributed by atoms with E-state index in [1.165, 1.54) is 0 Å². The predicted molar refractivity (Wildman–Crippen MR) is 95.7 cm³/mol. The van der Waals surface area contributed by atoms with Crippen molar-refractivity contribution in [1.29, 1.82) is 5.26 Å². The van der Waals surface area contributed by atoms with Crippen LogP contribution in [0.15, 0.2) is 48.5 Å². The second-order valence-electron chi connectivity index (χ2n) is 5.86. The number of nitriles is 1. The summed E-state index contributed by atoms with van der Waals surface area (Å²) in [5, 5.41) is 33.4. The summed E-state index contributed by atoms with van der Waals surface area (Å²) in [7, 11) is 0. The lowest BCUT2D eigenvalue weighted by Gasteiger charge is -2.07. The number of phenols is 2. The van der Waals surface area contributed by atoms with Crippen molar-refractivity contribution in [2.75, 3.05) is 0 Å². The summed E-state index contributed by atoms with van der Waals surface area (Å²) < 4.78 is 1.77. The number of unbranched alkanes of at least 4 members (excludes halogenated alkanes) is 1. The highest BCUT2D eigenvalue weighted by Crippen LogP contribution is 2.29. The number of hydrogen-bond donors (Lipinski definition) is 2. The van der Waals surface area contributed by atoms with E-state index in [1.807, 2.05) is 0 Å². The fourth-order valence-corrected chi connectivity index (χ4v) is 2.77. The molecular formula is C20H19N3O2. The largest absolute Gasteiger partial charge is 0.508 e. The standard InChI is InChI=1S/C20H19N3O2/c1-2-3-4-19-18(13-21)20(14-5-9-16(24)10-6-14)22-23(19)15-7-11-17(25)12-8-15/h5-12,24-25H,2-4H2,1H3. The summed E-state index contributed by atoms with van der Waals surface area (Å²) in [4.78, 5) is 0. The van der Waals surface area contributed by atoms with Gasteiger partial charge in [0.2, 0.25) is 0 Å². The van der Waals surface area contributed by atoms with Crippen LogP contribution in [-0.2, 0) is 6.42 Å². The molecule has 0 saturated carbocycles. The van der Waals surface area contributed by atoms with Crippen molar-refractivity contribution in [1.82, 2.24) is 9.78 Å². The molecule has 1 heterocycles. The Labute approximate surface area is 146 Å². The summed E-state index contributed by atoms with van der Waals surface area (Å²) in [6, 6.07) is 15.7. The first kappa shape index (κ1) is 16.6. The van der Waals surface area contributed by atoms with Gasteiger partial charge in [-0.2, -0.15) is 10.4 Å². The van der Waals surface area contributed by atoms with Gasteiger partial charge in [-0.15, -0.1) is 0 Å². The van der Waals surface area contributed by atoms with E-state index < -0.39 is 0 Å². The highest BCUT2D eigenvalue weighted by atomic mass is 16.3. The van der Waals surface area contributed by atoms with Crippen molar-refractivity contribution in [2.45, 2.75) is 26.2 Å². The third-order valence-electron chi connectivity index (χ3n) is 4.10. The molecule has 2 aromatic carbocycles. The molecule has 2 N–H and O–H groups in total. The molecule has 0 fully saturated rings. The second kappa shape index (κ2) is 7.10. The number of benzene rings is 2. The number of aromatic hydroxyl groups is 2. The number of aromatic nitrogens is 2. The van der Waals surface area contributed by atoms with Crippen LogP contribution in [0, 0.1) is 11.3 Å². The summed E-state index contributed by atoms with van der Waals surface area (Å²) in [5.41, 5.74) is 3.59. The van der Waals surface area contributed by atoms with Crippen LogP contribution in [0.1, 0.15) is 31.0 Å². The highest BCUT2D eigenvalue weighted by Gasteiger charge is 2.19. The molecule has 126 valence electrons. The molecule has 0 aliphatic rings. The fourth-order valence-electron chi connectivity index (χ4n) is 2.77. The molecule has 0 spiro atoms. The summed E-state index contributed by atoms with van der Waals surface area (Å²) in [6.07, 6.45) is 2.71. The van der Waals surface area contributed by atoms with Crippen LogP contribution in [-0.4, -0.2) is 20.0 Å². The normalized spacial score (nSPS) is 10.6. The zero-order chi connectivity index (χ0) is 17.8. The highest BCUT2D eigenvalue weighted by molar-refractivity contribution is 5.69. The van der Waals surface area contributed by atoms with Crippen molar-refractivity contribution < 1.29 is 10.2 Å². The Morgan fingerprint density at radius 2 is 1.60 bits per heavy atom. The van der Waals surface area contributed by atoms with E-state index in [1.54, 1.807) is 53.2 Å². The van der Waals surface area contributed by atoms with E-state index in [4.69, 9.17) is 0 Å². The zero-order valence-electron chi connectivity index (χ0n) is 14.0. The van der Waals surface area contributed by atoms with Crippen LogP contribution in [0.2, 0.25) is 0 Å². The SMILES string of the molecule is CCCCc1c(C#N)c(-c2ccc(O)cc2)nn1-c1ccc(O)cc1. The van der Waals surface area contributed by atoms with E-state index in [-0.39, 0.29) is 11.5 Å². The molecule has 0 aliphatic carbocycles. The Bertz CT molecular complexity index is 904. The summed E-state index contributed by atoms with van der Waals surface area (Å²) in [6.45, 7) is 2.11. The summed E-state index contributed by atoms with van der Waals surface area (Å²) in [5.74, 6) is 0.358. The van der Waals surface area contributed by atoms with E-state index in [0.29, 0.717) is 11.3 Å². The van der Waals surface area contributed by atoms with Crippen LogP contribution in [0.4, 0.5) is 0 Å². The van der Waals surface area contributed by atoms with Gasteiger partial charge in [0.1, 0.15) is 28.8 Å². The molecule has 1 aromatic heterocycles. The topological polar surface area (TPSA) is 82.1 Å². The Hall–Kier alpha value is -3.26. The van der Waals surface area contributed by atoms with Crippen molar-refractivity contribution in [2.24, 2.45) is 0 Å². The lowest BCUT2D eigenvalue weighted by atomic mass is 10.0. The Kier molecular flexibility index (Phi) is 4.71. The van der Waals surface area contributed by atoms with Crippen molar-refractivity contribution >= 4 is 0 Å². The quantitative estimate of drug-likeness (QED) is 0.734. The molecule has 0 amide bonds. The van der Waals surface area contributed by atoms with E-state index in [9.17, 15) is 15.5 Å². The third-order valence-corrected chi connectivity index (χ3v) is 4.10. The van der Waals surface area contributed by atoms with Gasteiger partial charge >= 0.3 is 0 Å². The molecule has 5 heteroatoms. The average Bonchev–Trinajstić information content (AvgIpc) is 2.99.